The smallest absolute Gasteiger partial charge is 0.408 e. The molecule has 4 N–H and O–H groups in total. The number of ether oxygens (including phenoxy) is 1. The maximum atomic E-state index is 13.4. The van der Waals surface area contributed by atoms with E-state index in [-0.39, 0.29) is 6.04 Å². The zero-order chi connectivity index (χ0) is 24.6. The summed E-state index contributed by atoms with van der Waals surface area (Å²) in [6, 6.07) is 6.38. The van der Waals surface area contributed by atoms with Crippen LogP contribution in [0.3, 0.4) is 0 Å². The summed E-state index contributed by atoms with van der Waals surface area (Å²) < 4.78 is 5.17. The quantitative estimate of drug-likeness (QED) is 0.415. The summed E-state index contributed by atoms with van der Waals surface area (Å²) in [5.41, 5.74) is 5.68. The van der Waals surface area contributed by atoms with Crippen LogP contribution in [-0.4, -0.2) is 46.4 Å². The standard InChI is InChI=1S/C23H32N4O5/c1-8-27(19(20(29)25-14(2)3)16-12-10-9-11-15(16)4)21(30)17(13-18(24)28)26-22(31)32-23(5,6)7/h1,9-12,14,17,19H,13H2,2-7H3,(H2,24,28)(H,25,29)(H,26,31). The van der Waals surface area contributed by atoms with Crippen molar-refractivity contribution in [3.8, 4) is 12.5 Å². The molecule has 9 nitrogen and oxygen atoms in total. The van der Waals surface area contributed by atoms with Crippen molar-refractivity contribution in [2.75, 3.05) is 0 Å². The highest BCUT2D eigenvalue weighted by atomic mass is 16.6. The summed E-state index contributed by atoms with van der Waals surface area (Å²) in [5.74, 6) is -2.18. The van der Waals surface area contributed by atoms with Crippen LogP contribution in [0.15, 0.2) is 24.3 Å². The van der Waals surface area contributed by atoms with Crippen LogP contribution in [-0.2, 0) is 19.1 Å². The lowest BCUT2D eigenvalue weighted by Gasteiger charge is -2.31. The number of carbonyl (C=O) groups is 4. The number of hydrogen-bond donors (Lipinski definition) is 3. The van der Waals surface area contributed by atoms with E-state index in [1.54, 1.807) is 65.8 Å². The van der Waals surface area contributed by atoms with Gasteiger partial charge in [-0.3, -0.25) is 19.3 Å². The van der Waals surface area contributed by atoms with Crippen molar-refractivity contribution in [3.05, 3.63) is 35.4 Å². The Morgan fingerprint density at radius 3 is 2.22 bits per heavy atom. The fourth-order valence-corrected chi connectivity index (χ4v) is 2.94. The van der Waals surface area contributed by atoms with Gasteiger partial charge in [0.15, 0.2) is 0 Å². The minimum atomic E-state index is -1.42. The van der Waals surface area contributed by atoms with Crippen LogP contribution in [0.4, 0.5) is 4.79 Å². The van der Waals surface area contributed by atoms with Gasteiger partial charge >= 0.3 is 6.09 Å². The van der Waals surface area contributed by atoms with Gasteiger partial charge in [0.05, 0.1) is 6.42 Å². The van der Waals surface area contributed by atoms with Crippen molar-refractivity contribution in [1.82, 2.24) is 15.5 Å². The number of terminal acetylenes is 1. The van der Waals surface area contributed by atoms with Crippen molar-refractivity contribution in [2.45, 2.75) is 71.7 Å². The molecule has 0 fully saturated rings. The van der Waals surface area contributed by atoms with Gasteiger partial charge in [0.1, 0.15) is 17.7 Å². The summed E-state index contributed by atoms with van der Waals surface area (Å²) in [5, 5.41) is 5.10. The van der Waals surface area contributed by atoms with E-state index >= 15 is 0 Å². The fraction of sp³-hybridized carbons (Fsp3) is 0.478. The lowest BCUT2D eigenvalue weighted by Crippen LogP contribution is -2.53. The molecule has 32 heavy (non-hydrogen) atoms. The van der Waals surface area contributed by atoms with Gasteiger partial charge < -0.3 is 21.1 Å². The van der Waals surface area contributed by atoms with E-state index in [1.807, 2.05) is 0 Å². The van der Waals surface area contributed by atoms with E-state index in [4.69, 9.17) is 16.9 Å². The molecule has 2 atom stereocenters. The number of rotatable bonds is 8. The van der Waals surface area contributed by atoms with Crippen molar-refractivity contribution in [1.29, 1.82) is 0 Å². The number of alkyl carbamates (subject to hydrolysis) is 1. The zero-order valence-electron chi connectivity index (χ0n) is 19.4. The van der Waals surface area contributed by atoms with E-state index in [2.05, 4.69) is 16.7 Å². The number of primary amides is 1. The molecule has 0 aliphatic heterocycles. The predicted octanol–water partition coefficient (Wildman–Crippen LogP) is 1.75. The molecule has 0 heterocycles. The number of carbonyl (C=O) groups excluding carboxylic acids is 4. The molecule has 0 aliphatic carbocycles. The highest BCUT2D eigenvalue weighted by Gasteiger charge is 2.37. The first kappa shape index (κ1) is 26.5. The van der Waals surface area contributed by atoms with Crippen molar-refractivity contribution in [3.63, 3.8) is 0 Å². The highest BCUT2D eigenvalue weighted by Crippen LogP contribution is 2.25. The van der Waals surface area contributed by atoms with Gasteiger partial charge in [0.25, 0.3) is 5.91 Å². The molecular formula is C23H32N4O5. The average molecular weight is 445 g/mol. The summed E-state index contributed by atoms with van der Waals surface area (Å²) >= 11 is 0. The Kier molecular flexibility index (Phi) is 9.26. The van der Waals surface area contributed by atoms with Crippen LogP contribution >= 0.6 is 0 Å². The number of amides is 4. The molecule has 0 radical (unpaired) electrons. The summed E-state index contributed by atoms with van der Waals surface area (Å²) in [4.78, 5) is 51.1. The largest absolute Gasteiger partial charge is 0.444 e. The molecule has 174 valence electrons. The third-order valence-corrected chi connectivity index (χ3v) is 4.19. The normalized spacial score (nSPS) is 12.8. The Labute approximate surface area is 189 Å². The van der Waals surface area contributed by atoms with Gasteiger partial charge in [-0.05, 0) is 52.7 Å². The van der Waals surface area contributed by atoms with Crippen molar-refractivity contribution >= 4 is 23.8 Å². The van der Waals surface area contributed by atoms with Crippen LogP contribution in [0, 0.1) is 19.4 Å². The second-order valence-electron chi connectivity index (χ2n) is 8.63. The Balaban J connectivity index is 3.39. The monoisotopic (exact) mass is 444 g/mol. The fourth-order valence-electron chi connectivity index (χ4n) is 2.94. The van der Waals surface area contributed by atoms with E-state index in [0.29, 0.717) is 5.56 Å². The third-order valence-electron chi connectivity index (χ3n) is 4.19. The summed E-state index contributed by atoms with van der Waals surface area (Å²) in [6.45, 7) is 10.3. The maximum Gasteiger partial charge on any atom is 0.408 e. The summed E-state index contributed by atoms with van der Waals surface area (Å²) in [6.07, 6.45) is 4.20. The molecule has 1 aromatic carbocycles. The first-order valence-electron chi connectivity index (χ1n) is 10.2. The van der Waals surface area contributed by atoms with Gasteiger partial charge in [-0.25, -0.2) is 4.79 Å². The van der Waals surface area contributed by atoms with Crippen LogP contribution < -0.4 is 16.4 Å². The van der Waals surface area contributed by atoms with Crippen LogP contribution in [0.5, 0.6) is 0 Å². The second-order valence-corrected chi connectivity index (χ2v) is 8.63. The molecule has 1 rings (SSSR count). The second kappa shape index (κ2) is 11.2. The molecule has 4 amide bonds. The van der Waals surface area contributed by atoms with E-state index in [0.717, 1.165) is 10.5 Å². The van der Waals surface area contributed by atoms with Gasteiger partial charge in [-0.2, -0.15) is 0 Å². The minimum absolute atomic E-state index is 0.218. The lowest BCUT2D eigenvalue weighted by atomic mass is 9.98. The van der Waals surface area contributed by atoms with E-state index < -0.39 is 47.9 Å². The van der Waals surface area contributed by atoms with Crippen molar-refractivity contribution in [2.24, 2.45) is 5.73 Å². The molecule has 0 saturated carbocycles. The van der Waals surface area contributed by atoms with Gasteiger partial charge in [0, 0.05) is 12.1 Å². The van der Waals surface area contributed by atoms with Crippen LogP contribution in [0.2, 0.25) is 0 Å². The van der Waals surface area contributed by atoms with Gasteiger partial charge in [-0.15, -0.1) is 0 Å². The molecule has 0 bridgehead atoms. The number of benzene rings is 1. The third kappa shape index (κ3) is 7.95. The first-order chi connectivity index (χ1) is 14.8. The Morgan fingerprint density at radius 2 is 1.75 bits per heavy atom. The molecule has 2 unspecified atom stereocenters. The first-order valence-corrected chi connectivity index (χ1v) is 10.2. The Bertz CT molecular complexity index is 898. The molecule has 0 saturated heterocycles. The van der Waals surface area contributed by atoms with Crippen LogP contribution in [0.25, 0.3) is 0 Å². The average Bonchev–Trinajstić information content (AvgIpc) is 2.63. The zero-order valence-corrected chi connectivity index (χ0v) is 19.4. The molecular weight excluding hydrogens is 412 g/mol. The molecule has 0 aromatic heterocycles. The maximum absolute atomic E-state index is 13.4. The number of nitrogens with zero attached hydrogens (tertiary/aromatic N) is 1. The van der Waals surface area contributed by atoms with E-state index in [9.17, 15) is 19.2 Å². The number of nitrogens with two attached hydrogens (primary N) is 1. The molecule has 1 aromatic rings. The Hall–Kier alpha value is -3.54. The van der Waals surface area contributed by atoms with Crippen molar-refractivity contribution < 1.29 is 23.9 Å². The van der Waals surface area contributed by atoms with Gasteiger partial charge in [-0.1, -0.05) is 30.7 Å². The minimum Gasteiger partial charge on any atom is -0.444 e. The lowest BCUT2D eigenvalue weighted by molar-refractivity contribution is -0.139. The number of nitrogens with one attached hydrogen (secondary N) is 2. The SMILES string of the molecule is C#CN(C(=O)C(CC(N)=O)NC(=O)OC(C)(C)C)C(C(=O)NC(C)C)c1ccccc1C. The number of aryl methyl sites for hydroxylation is 1. The Morgan fingerprint density at radius 1 is 1.16 bits per heavy atom. The molecule has 0 aliphatic rings. The summed E-state index contributed by atoms with van der Waals surface area (Å²) in [7, 11) is 0. The molecule has 0 spiro atoms. The predicted molar refractivity (Wildman–Crippen MR) is 120 cm³/mol. The van der Waals surface area contributed by atoms with Crippen LogP contribution in [0.1, 0.15) is 58.2 Å². The number of hydrogen-bond acceptors (Lipinski definition) is 5. The topological polar surface area (TPSA) is 131 Å². The highest BCUT2D eigenvalue weighted by molar-refractivity contribution is 5.95. The molecule has 9 heteroatoms. The van der Waals surface area contributed by atoms with Gasteiger partial charge in [0.2, 0.25) is 11.8 Å². The van der Waals surface area contributed by atoms with E-state index in [1.165, 1.54) is 0 Å².